The Balaban J connectivity index is 1.87. The molecule has 4 heteroatoms. The van der Waals surface area contributed by atoms with Crippen LogP contribution in [0.1, 0.15) is 23.2 Å². The highest BCUT2D eigenvalue weighted by atomic mass is 16.2. The summed E-state index contributed by atoms with van der Waals surface area (Å²) in [5.74, 6) is -0.894. The number of nitrogens with one attached hydrogen (secondary N) is 1. The number of hydrogen-bond donors (Lipinski definition) is 1. The maximum Gasteiger partial charge on any atom is 0.230 e. The smallest absolute Gasteiger partial charge is 0.230 e. The number of carbonyl (C=O) groups is 2. The maximum absolute atomic E-state index is 13.1. The van der Waals surface area contributed by atoms with Gasteiger partial charge in [-0.05, 0) is 25.0 Å². The molecule has 0 spiro atoms. The summed E-state index contributed by atoms with van der Waals surface area (Å²) in [4.78, 5) is 30.0. The SMILES string of the molecule is O=C1NCCC[C@H]1C(=O)c1cc(-c2ccccc2)nc2ccccc12. The minimum Gasteiger partial charge on any atom is -0.355 e. The van der Waals surface area contributed by atoms with E-state index in [2.05, 4.69) is 5.32 Å². The van der Waals surface area contributed by atoms with Crippen molar-refractivity contribution in [2.75, 3.05) is 6.54 Å². The second-order valence-corrected chi connectivity index (χ2v) is 6.29. The first-order valence-corrected chi connectivity index (χ1v) is 8.51. The van der Waals surface area contributed by atoms with Gasteiger partial charge < -0.3 is 5.32 Å². The van der Waals surface area contributed by atoms with E-state index >= 15 is 0 Å². The number of pyridine rings is 1. The highest BCUT2D eigenvalue weighted by Crippen LogP contribution is 2.28. The number of aromatic nitrogens is 1. The molecule has 1 amide bonds. The first-order valence-electron chi connectivity index (χ1n) is 8.51. The van der Waals surface area contributed by atoms with Crippen LogP contribution in [0.3, 0.4) is 0 Å². The largest absolute Gasteiger partial charge is 0.355 e. The van der Waals surface area contributed by atoms with E-state index in [1.165, 1.54) is 0 Å². The third-order valence-electron chi connectivity index (χ3n) is 4.65. The van der Waals surface area contributed by atoms with Gasteiger partial charge in [0.2, 0.25) is 5.91 Å². The summed E-state index contributed by atoms with van der Waals surface area (Å²) >= 11 is 0. The van der Waals surface area contributed by atoms with Crippen LogP contribution in [0.25, 0.3) is 22.2 Å². The number of Topliss-reactive ketones (excluding diaryl/α,β-unsaturated/α-hetero) is 1. The molecular weight excluding hydrogens is 312 g/mol. The summed E-state index contributed by atoms with van der Waals surface area (Å²) in [6, 6.07) is 19.2. The van der Waals surface area contributed by atoms with Crippen molar-refractivity contribution in [2.24, 2.45) is 5.92 Å². The Kier molecular flexibility index (Phi) is 4.02. The zero-order chi connectivity index (χ0) is 17.2. The van der Waals surface area contributed by atoms with Crippen LogP contribution in [0, 0.1) is 5.92 Å². The molecule has 1 aromatic heterocycles. The fourth-order valence-corrected chi connectivity index (χ4v) is 3.35. The Morgan fingerprint density at radius 3 is 2.60 bits per heavy atom. The zero-order valence-electron chi connectivity index (χ0n) is 13.7. The van der Waals surface area contributed by atoms with Crippen molar-refractivity contribution in [3.8, 4) is 11.3 Å². The Morgan fingerprint density at radius 2 is 1.80 bits per heavy atom. The molecule has 0 bridgehead atoms. The molecule has 1 aliphatic heterocycles. The molecule has 0 aliphatic carbocycles. The lowest BCUT2D eigenvalue weighted by molar-refractivity contribution is -0.124. The number of amides is 1. The van der Waals surface area contributed by atoms with Gasteiger partial charge in [-0.2, -0.15) is 0 Å². The number of rotatable bonds is 3. The normalized spacial score (nSPS) is 17.3. The zero-order valence-corrected chi connectivity index (χ0v) is 13.7. The summed E-state index contributed by atoms with van der Waals surface area (Å²) in [7, 11) is 0. The number of hydrogen-bond acceptors (Lipinski definition) is 3. The van der Waals surface area contributed by atoms with E-state index < -0.39 is 5.92 Å². The molecule has 25 heavy (non-hydrogen) atoms. The lowest BCUT2D eigenvalue weighted by atomic mass is 9.88. The van der Waals surface area contributed by atoms with E-state index in [1.54, 1.807) is 0 Å². The first-order chi connectivity index (χ1) is 12.2. The molecule has 0 saturated carbocycles. The number of piperidine rings is 1. The van der Waals surface area contributed by atoms with Gasteiger partial charge in [-0.25, -0.2) is 4.98 Å². The van der Waals surface area contributed by atoms with Gasteiger partial charge in [-0.1, -0.05) is 48.5 Å². The lowest BCUT2D eigenvalue weighted by Gasteiger charge is -2.21. The number of carbonyl (C=O) groups excluding carboxylic acids is 2. The van der Waals surface area contributed by atoms with Crippen molar-refractivity contribution < 1.29 is 9.59 Å². The molecule has 1 saturated heterocycles. The Morgan fingerprint density at radius 1 is 1.04 bits per heavy atom. The molecule has 1 fully saturated rings. The van der Waals surface area contributed by atoms with Crippen molar-refractivity contribution in [2.45, 2.75) is 12.8 Å². The third kappa shape index (κ3) is 2.91. The number of ketones is 1. The lowest BCUT2D eigenvalue weighted by Crippen LogP contribution is -2.40. The summed E-state index contributed by atoms with van der Waals surface area (Å²) in [6.07, 6.45) is 1.43. The first kappa shape index (κ1) is 15.5. The predicted octanol–water partition coefficient (Wildman–Crippen LogP) is 3.61. The molecule has 1 atom stereocenters. The van der Waals surface area contributed by atoms with Gasteiger partial charge in [0.25, 0.3) is 0 Å². The van der Waals surface area contributed by atoms with Crippen molar-refractivity contribution in [3.63, 3.8) is 0 Å². The maximum atomic E-state index is 13.1. The molecular formula is C21H18N2O2. The molecule has 0 unspecified atom stereocenters. The van der Waals surface area contributed by atoms with Crippen LogP contribution in [-0.2, 0) is 4.79 Å². The summed E-state index contributed by atoms with van der Waals surface area (Å²) in [5, 5.41) is 3.60. The summed E-state index contributed by atoms with van der Waals surface area (Å²) in [6.45, 7) is 0.648. The van der Waals surface area contributed by atoms with Gasteiger partial charge in [0.15, 0.2) is 5.78 Å². The highest BCUT2D eigenvalue weighted by molar-refractivity contribution is 6.16. The molecule has 4 rings (SSSR count). The van der Waals surface area contributed by atoms with Crippen molar-refractivity contribution in [1.82, 2.24) is 10.3 Å². The van der Waals surface area contributed by atoms with E-state index in [0.29, 0.717) is 18.5 Å². The van der Waals surface area contributed by atoms with Crippen LogP contribution >= 0.6 is 0 Å². The Hall–Kier alpha value is -3.01. The number of para-hydroxylation sites is 1. The van der Waals surface area contributed by atoms with Crippen molar-refractivity contribution in [1.29, 1.82) is 0 Å². The highest BCUT2D eigenvalue weighted by Gasteiger charge is 2.31. The van der Waals surface area contributed by atoms with Gasteiger partial charge in [0.05, 0.1) is 11.2 Å². The fraction of sp³-hybridized carbons (Fsp3) is 0.190. The van der Waals surface area contributed by atoms with E-state index in [9.17, 15) is 9.59 Å². The second kappa shape index (κ2) is 6.48. The second-order valence-electron chi connectivity index (χ2n) is 6.29. The van der Waals surface area contributed by atoms with Gasteiger partial charge in [-0.15, -0.1) is 0 Å². The summed E-state index contributed by atoms with van der Waals surface area (Å²) < 4.78 is 0. The van der Waals surface area contributed by atoms with Crippen LogP contribution in [-0.4, -0.2) is 23.2 Å². The van der Waals surface area contributed by atoms with E-state index in [1.807, 2.05) is 60.7 Å². The van der Waals surface area contributed by atoms with E-state index in [-0.39, 0.29) is 11.7 Å². The quantitative estimate of drug-likeness (QED) is 0.589. The molecule has 124 valence electrons. The topological polar surface area (TPSA) is 59.1 Å². The van der Waals surface area contributed by atoms with E-state index in [4.69, 9.17) is 4.98 Å². The van der Waals surface area contributed by atoms with Crippen LogP contribution < -0.4 is 5.32 Å². The minimum atomic E-state index is -0.608. The predicted molar refractivity (Wildman–Crippen MR) is 97.2 cm³/mol. The molecule has 2 heterocycles. The minimum absolute atomic E-state index is 0.118. The standard InChI is InChI=1S/C21H18N2O2/c24-20(16-10-6-12-22-21(16)25)17-13-19(14-7-2-1-3-8-14)23-18-11-5-4-9-15(17)18/h1-5,7-9,11,13,16H,6,10,12H2,(H,22,25)/t16-/m0/s1. The van der Waals surface area contributed by atoms with Gasteiger partial charge in [0, 0.05) is 23.1 Å². The van der Waals surface area contributed by atoms with Crippen molar-refractivity contribution >= 4 is 22.6 Å². The average molecular weight is 330 g/mol. The average Bonchev–Trinajstić information content (AvgIpc) is 2.67. The monoisotopic (exact) mass is 330 g/mol. The number of benzene rings is 2. The van der Waals surface area contributed by atoms with Crippen LogP contribution in [0.4, 0.5) is 0 Å². The number of fused-ring (bicyclic) bond motifs is 1. The molecule has 1 aliphatic rings. The van der Waals surface area contributed by atoms with Crippen LogP contribution in [0.5, 0.6) is 0 Å². The Labute approximate surface area is 145 Å². The van der Waals surface area contributed by atoms with Gasteiger partial charge in [0.1, 0.15) is 5.92 Å². The van der Waals surface area contributed by atoms with E-state index in [0.717, 1.165) is 28.6 Å². The fourth-order valence-electron chi connectivity index (χ4n) is 3.35. The molecule has 1 N–H and O–H groups in total. The third-order valence-corrected chi connectivity index (χ3v) is 4.65. The number of nitrogens with zero attached hydrogens (tertiary/aromatic N) is 1. The van der Waals surface area contributed by atoms with Gasteiger partial charge >= 0.3 is 0 Å². The van der Waals surface area contributed by atoms with Crippen LogP contribution in [0.15, 0.2) is 60.7 Å². The Bertz CT molecular complexity index is 951. The molecule has 3 aromatic rings. The molecule has 0 radical (unpaired) electrons. The van der Waals surface area contributed by atoms with Crippen molar-refractivity contribution in [3.05, 3.63) is 66.2 Å². The summed E-state index contributed by atoms with van der Waals surface area (Å²) in [5.41, 5.74) is 3.05. The molecule has 4 nitrogen and oxygen atoms in total. The van der Waals surface area contributed by atoms with Crippen LogP contribution in [0.2, 0.25) is 0 Å². The van der Waals surface area contributed by atoms with Gasteiger partial charge in [-0.3, -0.25) is 9.59 Å². The molecule has 2 aromatic carbocycles.